The van der Waals surface area contributed by atoms with Gasteiger partial charge < -0.3 is 19.9 Å². The summed E-state index contributed by atoms with van der Waals surface area (Å²) in [7, 11) is 0. The number of hydrogen-bond donors (Lipinski definition) is 1. The molecule has 0 radical (unpaired) electrons. The molecule has 0 bridgehead atoms. The molecule has 0 aromatic heterocycles. The molecule has 19 heavy (non-hydrogen) atoms. The molecule has 2 atom stereocenters. The first-order valence-electron chi connectivity index (χ1n) is 6.60. The van der Waals surface area contributed by atoms with E-state index in [2.05, 4.69) is 0 Å². The number of hydrogen-bond acceptors (Lipinski definition) is 4. The Balaban J connectivity index is 1.70. The van der Waals surface area contributed by atoms with E-state index in [9.17, 15) is 4.39 Å². The lowest BCUT2D eigenvalue weighted by Crippen LogP contribution is -2.44. The first kappa shape index (κ1) is 12.7. The van der Waals surface area contributed by atoms with Gasteiger partial charge in [0.2, 0.25) is 0 Å². The summed E-state index contributed by atoms with van der Waals surface area (Å²) in [5, 5.41) is 0. The molecule has 2 aliphatic heterocycles. The maximum absolute atomic E-state index is 13.2. The summed E-state index contributed by atoms with van der Waals surface area (Å²) >= 11 is 0. The summed E-state index contributed by atoms with van der Waals surface area (Å²) in [4.78, 5) is 0. The van der Waals surface area contributed by atoms with Gasteiger partial charge >= 0.3 is 0 Å². The molecule has 2 aliphatic rings. The fourth-order valence-corrected chi connectivity index (χ4v) is 2.74. The molecule has 2 saturated heterocycles. The lowest BCUT2D eigenvalue weighted by Gasteiger charge is -2.37. The van der Waals surface area contributed by atoms with Crippen molar-refractivity contribution in [3.63, 3.8) is 0 Å². The van der Waals surface area contributed by atoms with Crippen molar-refractivity contribution < 1.29 is 18.6 Å². The summed E-state index contributed by atoms with van der Waals surface area (Å²) in [5.74, 6) is 0.0798. The summed E-state index contributed by atoms with van der Waals surface area (Å²) in [6.07, 6.45) is 2.45. The Bertz CT molecular complexity index is 460. The number of halogens is 1. The second kappa shape index (κ2) is 4.98. The first-order valence-corrected chi connectivity index (χ1v) is 6.60. The molecule has 2 unspecified atom stereocenters. The topological polar surface area (TPSA) is 53.7 Å². The van der Waals surface area contributed by atoms with Crippen LogP contribution in [0.3, 0.4) is 0 Å². The van der Waals surface area contributed by atoms with E-state index in [1.165, 1.54) is 18.2 Å². The lowest BCUT2D eigenvalue weighted by atomic mass is 9.91. The molecule has 2 heterocycles. The third-order valence-electron chi connectivity index (χ3n) is 3.78. The van der Waals surface area contributed by atoms with Gasteiger partial charge in [-0.25, -0.2) is 4.39 Å². The average Bonchev–Trinajstić information content (AvgIpc) is 2.82. The summed E-state index contributed by atoms with van der Waals surface area (Å²) in [6, 6.07) is 4.19. The molecule has 1 aromatic carbocycles. The minimum absolute atomic E-state index is 0.000417. The van der Waals surface area contributed by atoms with Crippen LogP contribution in [0.15, 0.2) is 18.2 Å². The Morgan fingerprint density at radius 3 is 3.05 bits per heavy atom. The molecular weight excluding hydrogens is 249 g/mol. The van der Waals surface area contributed by atoms with Gasteiger partial charge in [0, 0.05) is 31.9 Å². The van der Waals surface area contributed by atoms with E-state index >= 15 is 0 Å². The highest BCUT2D eigenvalue weighted by Gasteiger charge is 2.41. The number of anilines is 1. The molecule has 1 aromatic rings. The molecule has 0 saturated carbocycles. The van der Waals surface area contributed by atoms with Crippen LogP contribution in [0.25, 0.3) is 0 Å². The highest BCUT2D eigenvalue weighted by molar-refractivity contribution is 5.52. The zero-order valence-corrected chi connectivity index (χ0v) is 10.7. The van der Waals surface area contributed by atoms with Crippen LogP contribution in [0.2, 0.25) is 0 Å². The fourth-order valence-electron chi connectivity index (χ4n) is 2.74. The van der Waals surface area contributed by atoms with Gasteiger partial charge in [0.25, 0.3) is 0 Å². The Hall–Kier alpha value is -1.33. The normalized spacial score (nSPS) is 30.7. The summed E-state index contributed by atoms with van der Waals surface area (Å²) < 4.78 is 30.3. The molecule has 1 spiro atoms. The van der Waals surface area contributed by atoms with Crippen LogP contribution in [0.1, 0.15) is 19.3 Å². The van der Waals surface area contributed by atoms with Crippen molar-refractivity contribution >= 4 is 5.69 Å². The minimum Gasteiger partial charge on any atom is -0.488 e. The van der Waals surface area contributed by atoms with E-state index in [-0.39, 0.29) is 17.5 Å². The maximum Gasteiger partial charge on any atom is 0.145 e. The molecule has 104 valence electrons. The van der Waals surface area contributed by atoms with E-state index in [0.29, 0.717) is 24.7 Å². The van der Waals surface area contributed by atoms with E-state index < -0.39 is 0 Å². The Morgan fingerprint density at radius 2 is 2.26 bits per heavy atom. The second-order valence-electron chi connectivity index (χ2n) is 5.25. The Kier molecular flexibility index (Phi) is 3.33. The summed E-state index contributed by atoms with van der Waals surface area (Å²) in [5.41, 5.74) is 6.05. The third kappa shape index (κ3) is 2.67. The largest absolute Gasteiger partial charge is 0.488 e. The molecule has 0 aliphatic carbocycles. The molecule has 2 fully saturated rings. The van der Waals surface area contributed by atoms with Crippen molar-refractivity contribution in [2.45, 2.75) is 31.0 Å². The highest BCUT2D eigenvalue weighted by atomic mass is 19.1. The predicted octanol–water partition coefficient (Wildman–Crippen LogP) is 2.12. The zero-order chi connectivity index (χ0) is 13.3. The molecular formula is C14H18FNO3. The number of benzene rings is 1. The first-order chi connectivity index (χ1) is 9.17. The zero-order valence-electron chi connectivity index (χ0n) is 10.7. The minimum atomic E-state index is -0.338. The standard InChI is InChI=1S/C14H18FNO3/c15-10-1-2-12(16)13(7-10)19-11-3-5-18-14(8-11)4-6-17-9-14/h1-2,7,11H,3-6,8-9,16H2. The van der Waals surface area contributed by atoms with Crippen LogP contribution >= 0.6 is 0 Å². The second-order valence-corrected chi connectivity index (χ2v) is 5.25. The monoisotopic (exact) mass is 267 g/mol. The molecule has 4 nitrogen and oxygen atoms in total. The third-order valence-corrected chi connectivity index (χ3v) is 3.78. The van der Waals surface area contributed by atoms with E-state index in [1.807, 2.05) is 0 Å². The van der Waals surface area contributed by atoms with Gasteiger partial charge in [0.1, 0.15) is 17.7 Å². The van der Waals surface area contributed by atoms with Gasteiger partial charge in [-0.15, -0.1) is 0 Å². The van der Waals surface area contributed by atoms with Gasteiger partial charge in [-0.05, 0) is 12.1 Å². The van der Waals surface area contributed by atoms with Crippen molar-refractivity contribution in [3.8, 4) is 5.75 Å². The van der Waals surface area contributed by atoms with Crippen molar-refractivity contribution in [1.82, 2.24) is 0 Å². The van der Waals surface area contributed by atoms with Gasteiger partial charge in [-0.3, -0.25) is 0 Å². The van der Waals surface area contributed by atoms with Crippen molar-refractivity contribution in [3.05, 3.63) is 24.0 Å². The number of nitrogen functional groups attached to an aromatic ring is 1. The van der Waals surface area contributed by atoms with Crippen LogP contribution in [0.5, 0.6) is 5.75 Å². The fraction of sp³-hybridized carbons (Fsp3) is 0.571. The highest BCUT2D eigenvalue weighted by Crippen LogP contribution is 2.35. The van der Waals surface area contributed by atoms with Gasteiger partial charge in [-0.1, -0.05) is 0 Å². The van der Waals surface area contributed by atoms with Gasteiger partial charge in [0.15, 0.2) is 0 Å². The number of rotatable bonds is 2. The van der Waals surface area contributed by atoms with Crippen LogP contribution < -0.4 is 10.5 Å². The molecule has 5 heteroatoms. The van der Waals surface area contributed by atoms with Crippen LogP contribution in [0.4, 0.5) is 10.1 Å². The molecule has 0 amide bonds. The van der Waals surface area contributed by atoms with Crippen molar-refractivity contribution in [1.29, 1.82) is 0 Å². The van der Waals surface area contributed by atoms with E-state index in [0.717, 1.165) is 25.9 Å². The van der Waals surface area contributed by atoms with E-state index in [4.69, 9.17) is 19.9 Å². The SMILES string of the molecule is Nc1ccc(F)cc1OC1CCOC2(CCOC2)C1. The maximum atomic E-state index is 13.2. The molecule has 3 rings (SSSR count). The van der Waals surface area contributed by atoms with Gasteiger partial charge in [-0.2, -0.15) is 0 Å². The van der Waals surface area contributed by atoms with Crippen LogP contribution in [-0.4, -0.2) is 31.5 Å². The van der Waals surface area contributed by atoms with Crippen molar-refractivity contribution in [2.24, 2.45) is 0 Å². The number of nitrogens with two attached hydrogens (primary N) is 1. The smallest absolute Gasteiger partial charge is 0.145 e. The lowest BCUT2D eigenvalue weighted by molar-refractivity contribution is -0.112. The number of ether oxygens (including phenoxy) is 3. The molecule has 2 N–H and O–H groups in total. The van der Waals surface area contributed by atoms with Gasteiger partial charge in [0.05, 0.1) is 24.5 Å². The predicted molar refractivity (Wildman–Crippen MR) is 68.6 cm³/mol. The van der Waals surface area contributed by atoms with Crippen molar-refractivity contribution in [2.75, 3.05) is 25.6 Å². The average molecular weight is 267 g/mol. The quantitative estimate of drug-likeness (QED) is 0.834. The Morgan fingerprint density at radius 1 is 1.37 bits per heavy atom. The van der Waals surface area contributed by atoms with Crippen LogP contribution in [-0.2, 0) is 9.47 Å². The Labute approximate surface area is 111 Å². The van der Waals surface area contributed by atoms with E-state index in [1.54, 1.807) is 0 Å². The summed E-state index contributed by atoms with van der Waals surface area (Å²) in [6.45, 7) is 1.99. The van der Waals surface area contributed by atoms with Crippen LogP contribution in [0, 0.1) is 5.82 Å².